The number of rotatable bonds is 4. The smallest absolute Gasteiger partial charge is 0.274 e. The molecule has 2 rings (SSSR count). The lowest BCUT2D eigenvalue weighted by molar-refractivity contribution is 0.102. The number of aryl methyl sites for hydroxylation is 1. The van der Waals surface area contributed by atoms with E-state index in [4.69, 9.17) is 9.47 Å². The topological polar surface area (TPSA) is 73.3 Å². The van der Waals surface area contributed by atoms with Gasteiger partial charge in [-0.15, -0.1) is 0 Å². The highest BCUT2D eigenvalue weighted by atomic mass is 16.5. The molecule has 1 heterocycles. The van der Waals surface area contributed by atoms with Crippen molar-refractivity contribution in [2.75, 3.05) is 19.5 Å². The SMILES string of the molecule is COc1cc(NC(=O)c2ncnc(C)c2C)cc(OC)c1. The van der Waals surface area contributed by atoms with Gasteiger partial charge in [0, 0.05) is 35.1 Å². The number of ether oxygens (including phenoxy) is 2. The van der Waals surface area contributed by atoms with Gasteiger partial charge in [-0.1, -0.05) is 0 Å². The maximum absolute atomic E-state index is 12.3. The van der Waals surface area contributed by atoms with Crippen LogP contribution in [0.1, 0.15) is 21.7 Å². The predicted molar refractivity (Wildman–Crippen MR) is 79.0 cm³/mol. The van der Waals surface area contributed by atoms with E-state index in [1.807, 2.05) is 13.8 Å². The Morgan fingerprint density at radius 2 is 1.67 bits per heavy atom. The van der Waals surface area contributed by atoms with Crippen LogP contribution in [-0.2, 0) is 0 Å². The fraction of sp³-hybridized carbons (Fsp3) is 0.267. The van der Waals surface area contributed by atoms with Crippen LogP contribution in [-0.4, -0.2) is 30.1 Å². The van der Waals surface area contributed by atoms with Crippen molar-refractivity contribution in [3.05, 3.63) is 41.5 Å². The predicted octanol–water partition coefficient (Wildman–Crippen LogP) is 2.36. The van der Waals surface area contributed by atoms with Crippen LogP contribution in [0.25, 0.3) is 0 Å². The van der Waals surface area contributed by atoms with Crippen LogP contribution in [0.5, 0.6) is 11.5 Å². The van der Waals surface area contributed by atoms with E-state index in [0.717, 1.165) is 11.3 Å². The zero-order valence-electron chi connectivity index (χ0n) is 12.4. The summed E-state index contributed by atoms with van der Waals surface area (Å²) in [6.07, 6.45) is 1.38. The molecule has 6 heteroatoms. The number of hydrogen-bond donors (Lipinski definition) is 1. The van der Waals surface area contributed by atoms with Gasteiger partial charge in [0.25, 0.3) is 5.91 Å². The van der Waals surface area contributed by atoms with Gasteiger partial charge in [0.15, 0.2) is 0 Å². The van der Waals surface area contributed by atoms with E-state index in [-0.39, 0.29) is 5.91 Å². The lowest BCUT2D eigenvalue weighted by Gasteiger charge is -2.11. The summed E-state index contributed by atoms with van der Waals surface area (Å²) in [6.45, 7) is 3.65. The first-order valence-corrected chi connectivity index (χ1v) is 6.37. The highest BCUT2D eigenvalue weighted by molar-refractivity contribution is 6.04. The monoisotopic (exact) mass is 287 g/mol. The van der Waals surface area contributed by atoms with Crippen LogP contribution in [0.4, 0.5) is 5.69 Å². The number of anilines is 1. The number of carbonyl (C=O) groups excluding carboxylic acids is 1. The maximum Gasteiger partial charge on any atom is 0.274 e. The van der Waals surface area contributed by atoms with Gasteiger partial charge in [0.2, 0.25) is 0 Å². The molecule has 1 aromatic heterocycles. The lowest BCUT2D eigenvalue weighted by Crippen LogP contribution is -2.16. The van der Waals surface area contributed by atoms with Crippen LogP contribution in [0, 0.1) is 13.8 Å². The van der Waals surface area contributed by atoms with E-state index >= 15 is 0 Å². The maximum atomic E-state index is 12.3. The first kappa shape index (κ1) is 14.8. The van der Waals surface area contributed by atoms with Crippen LogP contribution in [0.15, 0.2) is 24.5 Å². The quantitative estimate of drug-likeness (QED) is 0.934. The summed E-state index contributed by atoms with van der Waals surface area (Å²) in [6, 6.07) is 5.16. The van der Waals surface area contributed by atoms with Crippen molar-refractivity contribution < 1.29 is 14.3 Å². The second kappa shape index (κ2) is 6.21. The van der Waals surface area contributed by atoms with Crippen molar-refractivity contribution >= 4 is 11.6 Å². The molecule has 0 aliphatic carbocycles. The molecular formula is C15H17N3O3. The number of benzene rings is 1. The Kier molecular flexibility index (Phi) is 4.37. The van der Waals surface area contributed by atoms with Gasteiger partial charge in [-0.3, -0.25) is 4.79 Å². The zero-order valence-corrected chi connectivity index (χ0v) is 12.4. The second-order valence-corrected chi connectivity index (χ2v) is 4.49. The Labute approximate surface area is 123 Å². The molecule has 0 spiro atoms. The molecule has 21 heavy (non-hydrogen) atoms. The molecule has 0 saturated carbocycles. The summed E-state index contributed by atoms with van der Waals surface area (Å²) in [5.41, 5.74) is 2.46. The van der Waals surface area contributed by atoms with Gasteiger partial charge >= 0.3 is 0 Å². The number of methoxy groups -OCH3 is 2. The highest BCUT2D eigenvalue weighted by Crippen LogP contribution is 2.26. The van der Waals surface area contributed by atoms with Crippen molar-refractivity contribution in [1.82, 2.24) is 9.97 Å². The summed E-state index contributed by atoms with van der Waals surface area (Å²) < 4.78 is 10.3. The Bertz CT molecular complexity index is 649. The molecule has 0 bridgehead atoms. The van der Waals surface area contributed by atoms with Gasteiger partial charge in [-0.2, -0.15) is 0 Å². The molecule has 0 atom stereocenters. The molecule has 1 aromatic carbocycles. The van der Waals surface area contributed by atoms with E-state index in [0.29, 0.717) is 22.9 Å². The molecular weight excluding hydrogens is 270 g/mol. The average molecular weight is 287 g/mol. The number of aromatic nitrogens is 2. The number of amides is 1. The molecule has 0 saturated heterocycles. The van der Waals surface area contributed by atoms with E-state index in [1.54, 1.807) is 32.4 Å². The molecule has 0 fully saturated rings. The first-order chi connectivity index (χ1) is 10.0. The highest BCUT2D eigenvalue weighted by Gasteiger charge is 2.14. The summed E-state index contributed by atoms with van der Waals surface area (Å²) in [5, 5.41) is 2.79. The molecule has 0 radical (unpaired) electrons. The van der Waals surface area contributed by atoms with E-state index < -0.39 is 0 Å². The minimum absolute atomic E-state index is 0.298. The third-order valence-electron chi connectivity index (χ3n) is 3.16. The van der Waals surface area contributed by atoms with Gasteiger partial charge in [-0.25, -0.2) is 9.97 Å². The third-order valence-corrected chi connectivity index (χ3v) is 3.16. The van der Waals surface area contributed by atoms with Crippen molar-refractivity contribution in [3.63, 3.8) is 0 Å². The standard InChI is InChI=1S/C15H17N3O3/c1-9-10(2)16-8-17-14(9)15(19)18-11-5-12(20-3)7-13(6-11)21-4/h5-8H,1-4H3,(H,18,19). The summed E-state index contributed by atoms with van der Waals surface area (Å²) in [7, 11) is 3.11. The fourth-order valence-electron chi connectivity index (χ4n) is 1.84. The third kappa shape index (κ3) is 3.28. The normalized spacial score (nSPS) is 10.1. The van der Waals surface area contributed by atoms with Crippen molar-refractivity contribution in [2.24, 2.45) is 0 Å². The Morgan fingerprint density at radius 1 is 1.05 bits per heavy atom. The Balaban J connectivity index is 2.29. The average Bonchev–Trinajstić information content (AvgIpc) is 2.49. The number of nitrogens with zero attached hydrogens (tertiary/aromatic N) is 2. The molecule has 0 aliphatic rings. The number of nitrogens with one attached hydrogen (secondary N) is 1. The van der Waals surface area contributed by atoms with Crippen LogP contribution >= 0.6 is 0 Å². The minimum Gasteiger partial charge on any atom is -0.497 e. The van der Waals surface area contributed by atoms with Crippen LogP contribution in [0.2, 0.25) is 0 Å². The summed E-state index contributed by atoms with van der Waals surface area (Å²) in [4.78, 5) is 20.4. The molecule has 1 N–H and O–H groups in total. The lowest BCUT2D eigenvalue weighted by atomic mass is 10.2. The summed E-state index contributed by atoms with van der Waals surface area (Å²) in [5.74, 6) is 0.897. The molecule has 110 valence electrons. The van der Waals surface area contributed by atoms with Gasteiger partial charge in [0.1, 0.15) is 23.5 Å². The van der Waals surface area contributed by atoms with Gasteiger partial charge < -0.3 is 14.8 Å². The molecule has 2 aromatic rings. The van der Waals surface area contributed by atoms with Gasteiger partial charge in [0.05, 0.1) is 14.2 Å². The summed E-state index contributed by atoms with van der Waals surface area (Å²) >= 11 is 0. The van der Waals surface area contributed by atoms with E-state index in [1.165, 1.54) is 6.33 Å². The Morgan fingerprint density at radius 3 is 2.24 bits per heavy atom. The molecule has 6 nitrogen and oxygen atoms in total. The van der Waals surface area contributed by atoms with Crippen molar-refractivity contribution in [2.45, 2.75) is 13.8 Å². The minimum atomic E-state index is -0.298. The van der Waals surface area contributed by atoms with Crippen molar-refractivity contribution in [3.8, 4) is 11.5 Å². The zero-order chi connectivity index (χ0) is 15.4. The molecule has 1 amide bonds. The number of carbonyl (C=O) groups is 1. The number of hydrogen-bond acceptors (Lipinski definition) is 5. The Hall–Kier alpha value is -2.63. The fourth-order valence-corrected chi connectivity index (χ4v) is 1.84. The van der Waals surface area contributed by atoms with Crippen LogP contribution < -0.4 is 14.8 Å². The van der Waals surface area contributed by atoms with Crippen LogP contribution in [0.3, 0.4) is 0 Å². The van der Waals surface area contributed by atoms with E-state index in [9.17, 15) is 4.79 Å². The molecule has 0 aliphatic heterocycles. The van der Waals surface area contributed by atoms with Gasteiger partial charge in [-0.05, 0) is 13.8 Å². The largest absolute Gasteiger partial charge is 0.497 e. The second-order valence-electron chi connectivity index (χ2n) is 4.49. The van der Waals surface area contributed by atoms with E-state index in [2.05, 4.69) is 15.3 Å². The molecule has 0 unspecified atom stereocenters. The van der Waals surface area contributed by atoms with Crippen molar-refractivity contribution in [1.29, 1.82) is 0 Å². The first-order valence-electron chi connectivity index (χ1n) is 6.37.